The smallest absolute Gasteiger partial charge is 0.175 e. The number of ether oxygens (including phenoxy) is 1. The monoisotopic (exact) mass is 459 g/mol. The number of thioether (sulfide) groups is 1. The van der Waals surface area contributed by atoms with Gasteiger partial charge in [0, 0.05) is 34.2 Å². The van der Waals surface area contributed by atoms with E-state index in [0.29, 0.717) is 5.75 Å². The van der Waals surface area contributed by atoms with Crippen molar-refractivity contribution in [3.8, 4) is 5.75 Å². The molecular formula is C23H26BrNO2S. The van der Waals surface area contributed by atoms with Gasteiger partial charge in [-0.15, -0.1) is 11.8 Å². The standard InChI is InChI=1S/C23H26BrNO2S/c1-17(2)27-20-9-6-10-21(14-20)28-16-23(26)22(15-25-11-3-4-12-25)18-7-5-8-19(24)13-18/h5-10,13-15,17H,3-4,11-12,16H2,1-2H3/b22-15+. The van der Waals surface area contributed by atoms with Gasteiger partial charge in [0.25, 0.3) is 0 Å². The van der Waals surface area contributed by atoms with Gasteiger partial charge in [-0.2, -0.15) is 0 Å². The zero-order chi connectivity index (χ0) is 19.9. The van der Waals surface area contributed by atoms with Crippen LogP contribution in [0.5, 0.6) is 5.75 Å². The van der Waals surface area contributed by atoms with E-state index < -0.39 is 0 Å². The third kappa shape index (κ3) is 6.14. The van der Waals surface area contributed by atoms with E-state index in [-0.39, 0.29) is 11.9 Å². The van der Waals surface area contributed by atoms with Crippen LogP contribution in [-0.4, -0.2) is 35.6 Å². The minimum absolute atomic E-state index is 0.133. The summed E-state index contributed by atoms with van der Waals surface area (Å²) in [6.45, 7) is 6.06. The topological polar surface area (TPSA) is 29.5 Å². The van der Waals surface area contributed by atoms with E-state index in [1.807, 2.05) is 62.4 Å². The minimum atomic E-state index is 0.133. The first-order valence-electron chi connectivity index (χ1n) is 9.66. The molecule has 148 valence electrons. The molecule has 3 rings (SSSR count). The van der Waals surface area contributed by atoms with Gasteiger partial charge in [-0.1, -0.05) is 34.1 Å². The zero-order valence-corrected chi connectivity index (χ0v) is 18.8. The van der Waals surface area contributed by atoms with Crippen molar-refractivity contribution in [1.29, 1.82) is 0 Å². The van der Waals surface area contributed by atoms with E-state index in [1.165, 1.54) is 12.8 Å². The molecule has 0 N–H and O–H groups in total. The maximum atomic E-state index is 13.1. The van der Waals surface area contributed by atoms with Gasteiger partial charge in [-0.05, 0) is 62.6 Å². The van der Waals surface area contributed by atoms with Crippen molar-refractivity contribution < 1.29 is 9.53 Å². The molecule has 1 fully saturated rings. The third-order valence-corrected chi connectivity index (χ3v) is 5.92. The first-order chi connectivity index (χ1) is 13.5. The van der Waals surface area contributed by atoms with Crippen molar-refractivity contribution in [1.82, 2.24) is 4.90 Å². The number of rotatable bonds is 8. The van der Waals surface area contributed by atoms with Gasteiger partial charge in [0.15, 0.2) is 5.78 Å². The molecule has 0 amide bonds. The summed E-state index contributed by atoms with van der Waals surface area (Å²) in [5.41, 5.74) is 1.74. The maximum absolute atomic E-state index is 13.1. The third-order valence-electron chi connectivity index (χ3n) is 4.44. The predicted octanol–water partition coefficient (Wildman–Crippen LogP) is 6.03. The predicted molar refractivity (Wildman–Crippen MR) is 121 cm³/mol. The molecule has 1 aliphatic heterocycles. The lowest BCUT2D eigenvalue weighted by atomic mass is 10.0. The highest BCUT2D eigenvalue weighted by Gasteiger charge is 2.17. The first kappa shape index (κ1) is 21.0. The van der Waals surface area contributed by atoms with E-state index in [2.05, 4.69) is 27.0 Å². The fourth-order valence-electron chi connectivity index (χ4n) is 3.15. The number of benzene rings is 2. The lowest BCUT2D eigenvalue weighted by Crippen LogP contribution is -2.15. The van der Waals surface area contributed by atoms with Crippen LogP contribution in [0.3, 0.4) is 0 Å². The fraction of sp³-hybridized carbons (Fsp3) is 0.348. The number of hydrogen-bond donors (Lipinski definition) is 0. The van der Waals surface area contributed by atoms with Crippen LogP contribution in [0.2, 0.25) is 0 Å². The van der Waals surface area contributed by atoms with Crippen LogP contribution in [0.1, 0.15) is 32.3 Å². The Morgan fingerprint density at radius 3 is 2.64 bits per heavy atom. The molecule has 1 saturated heterocycles. The number of hydrogen-bond acceptors (Lipinski definition) is 4. The number of ketones is 1. The summed E-state index contributed by atoms with van der Waals surface area (Å²) in [5, 5.41) is 0. The average molecular weight is 460 g/mol. The van der Waals surface area contributed by atoms with Crippen molar-refractivity contribution in [2.75, 3.05) is 18.8 Å². The van der Waals surface area contributed by atoms with Crippen LogP contribution in [0, 0.1) is 0 Å². The lowest BCUT2D eigenvalue weighted by molar-refractivity contribution is -0.111. The van der Waals surface area contributed by atoms with Crippen molar-refractivity contribution in [2.45, 2.75) is 37.7 Å². The Labute approximate surface area is 180 Å². The molecule has 5 heteroatoms. The largest absolute Gasteiger partial charge is 0.491 e. The molecule has 0 spiro atoms. The van der Waals surface area contributed by atoms with E-state index in [9.17, 15) is 4.79 Å². The minimum Gasteiger partial charge on any atom is -0.491 e. The van der Waals surface area contributed by atoms with Crippen molar-refractivity contribution in [2.24, 2.45) is 0 Å². The Bertz CT molecular complexity index is 844. The van der Waals surface area contributed by atoms with Gasteiger partial charge < -0.3 is 9.64 Å². The molecule has 0 aromatic heterocycles. The Morgan fingerprint density at radius 2 is 1.93 bits per heavy atom. The number of carbonyl (C=O) groups is 1. The summed E-state index contributed by atoms with van der Waals surface area (Å²) in [4.78, 5) is 16.4. The number of carbonyl (C=O) groups excluding carboxylic acids is 1. The highest BCUT2D eigenvalue weighted by molar-refractivity contribution is 9.10. The Hall–Kier alpha value is -1.72. The molecule has 28 heavy (non-hydrogen) atoms. The van der Waals surface area contributed by atoms with Gasteiger partial charge in [0.1, 0.15) is 5.75 Å². The van der Waals surface area contributed by atoms with Gasteiger partial charge in [-0.25, -0.2) is 0 Å². The summed E-state index contributed by atoms with van der Waals surface area (Å²) in [5.74, 6) is 1.38. The highest BCUT2D eigenvalue weighted by Crippen LogP contribution is 2.27. The second-order valence-electron chi connectivity index (χ2n) is 7.15. The Morgan fingerprint density at radius 1 is 1.18 bits per heavy atom. The summed E-state index contributed by atoms with van der Waals surface area (Å²) >= 11 is 5.08. The summed E-state index contributed by atoms with van der Waals surface area (Å²) < 4.78 is 6.74. The highest BCUT2D eigenvalue weighted by atomic mass is 79.9. The zero-order valence-electron chi connectivity index (χ0n) is 16.4. The van der Waals surface area contributed by atoms with Crippen LogP contribution in [0.15, 0.2) is 64.1 Å². The molecule has 0 atom stereocenters. The summed E-state index contributed by atoms with van der Waals surface area (Å²) in [7, 11) is 0. The molecule has 0 radical (unpaired) electrons. The van der Waals surface area contributed by atoms with Gasteiger partial charge >= 0.3 is 0 Å². The molecule has 1 heterocycles. The number of allylic oxidation sites excluding steroid dienone is 1. The summed E-state index contributed by atoms with van der Waals surface area (Å²) in [6, 6.07) is 15.9. The molecule has 1 aliphatic rings. The van der Waals surface area contributed by atoms with Crippen LogP contribution >= 0.6 is 27.7 Å². The van der Waals surface area contributed by atoms with E-state index >= 15 is 0 Å². The fourth-order valence-corrected chi connectivity index (χ4v) is 4.38. The van der Waals surface area contributed by atoms with Crippen molar-refractivity contribution >= 4 is 39.0 Å². The molecule has 3 nitrogen and oxygen atoms in total. The molecule has 0 unspecified atom stereocenters. The van der Waals surface area contributed by atoms with E-state index in [4.69, 9.17) is 4.74 Å². The number of likely N-dealkylation sites (tertiary alicyclic amines) is 1. The molecule has 0 bridgehead atoms. The summed E-state index contributed by atoms with van der Waals surface area (Å²) in [6.07, 6.45) is 4.56. The van der Waals surface area contributed by atoms with Crippen molar-refractivity contribution in [3.63, 3.8) is 0 Å². The molecular weight excluding hydrogens is 434 g/mol. The average Bonchev–Trinajstić information content (AvgIpc) is 3.17. The second-order valence-corrected chi connectivity index (χ2v) is 9.11. The normalized spacial score (nSPS) is 14.6. The Balaban J connectivity index is 1.74. The van der Waals surface area contributed by atoms with Crippen LogP contribution < -0.4 is 4.74 Å². The van der Waals surface area contributed by atoms with Gasteiger partial charge in [-0.3, -0.25) is 4.79 Å². The van der Waals surface area contributed by atoms with Crippen LogP contribution in [0.25, 0.3) is 5.57 Å². The molecule has 2 aromatic rings. The van der Waals surface area contributed by atoms with Gasteiger partial charge in [0.2, 0.25) is 0 Å². The number of Topliss-reactive ketones (excluding diaryl/α,β-unsaturated/α-hetero) is 1. The number of nitrogens with zero attached hydrogens (tertiary/aromatic N) is 1. The van der Waals surface area contributed by atoms with Crippen molar-refractivity contribution in [3.05, 3.63) is 64.8 Å². The van der Waals surface area contributed by atoms with E-state index in [0.717, 1.165) is 39.3 Å². The van der Waals surface area contributed by atoms with Gasteiger partial charge in [0.05, 0.1) is 11.9 Å². The quantitative estimate of drug-likeness (QED) is 0.355. The number of halogens is 1. The molecule has 0 saturated carbocycles. The molecule has 2 aromatic carbocycles. The first-order valence-corrected chi connectivity index (χ1v) is 11.4. The lowest BCUT2D eigenvalue weighted by Gasteiger charge is -2.15. The SMILES string of the molecule is CC(C)Oc1cccc(SCC(=O)/C(=C/N2CCCC2)c2cccc(Br)c2)c1. The molecule has 0 aliphatic carbocycles. The van der Waals surface area contributed by atoms with Crippen LogP contribution in [-0.2, 0) is 4.79 Å². The maximum Gasteiger partial charge on any atom is 0.175 e. The second kappa shape index (κ2) is 10.2. The van der Waals surface area contributed by atoms with Crippen LogP contribution in [0.4, 0.5) is 0 Å². The Kier molecular flexibility index (Phi) is 7.63. The van der Waals surface area contributed by atoms with E-state index in [1.54, 1.807) is 11.8 Å².